The summed E-state index contributed by atoms with van der Waals surface area (Å²) in [6.07, 6.45) is -0.124. The van der Waals surface area contributed by atoms with Crippen LogP contribution in [0.1, 0.15) is 6.92 Å². The maximum atomic E-state index is 5.49. The Hall–Kier alpha value is 0.830. The molecule has 0 aliphatic heterocycles. The Balaban J connectivity index is 3.31. The van der Waals surface area contributed by atoms with E-state index >= 15 is 0 Å². The van der Waals surface area contributed by atoms with Crippen molar-refractivity contribution in [3.05, 3.63) is 0 Å². The number of rotatable bonds is 4. The van der Waals surface area contributed by atoms with E-state index in [0.717, 1.165) is 0 Å². The highest BCUT2D eigenvalue weighted by Gasteiger charge is 2.07. The van der Waals surface area contributed by atoms with Crippen molar-refractivity contribution >= 4 is 34.8 Å². The number of halogens is 3. The second-order valence-electron chi connectivity index (χ2n) is 1.61. The van der Waals surface area contributed by atoms with Gasteiger partial charge >= 0.3 is 0 Å². The molecule has 0 rings (SSSR count). The third-order valence-electron chi connectivity index (χ3n) is 0.724. The van der Waals surface area contributed by atoms with Gasteiger partial charge in [-0.2, -0.15) is 0 Å². The first kappa shape index (κ1) is 9.83. The van der Waals surface area contributed by atoms with Crippen molar-refractivity contribution in [3.63, 3.8) is 0 Å². The monoisotopic (exact) mass is 190 g/mol. The molecule has 0 aromatic heterocycles. The molecule has 56 valence electrons. The van der Waals surface area contributed by atoms with Gasteiger partial charge in [-0.1, -0.05) is 11.6 Å². The quantitative estimate of drug-likeness (QED) is 0.620. The highest BCUT2D eigenvalue weighted by atomic mass is 35.5. The van der Waals surface area contributed by atoms with Gasteiger partial charge in [0.05, 0.1) is 6.10 Å². The van der Waals surface area contributed by atoms with Crippen LogP contribution >= 0.6 is 34.8 Å². The molecule has 0 heterocycles. The summed E-state index contributed by atoms with van der Waals surface area (Å²) in [6, 6.07) is 0. The zero-order valence-corrected chi connectivity index (χ0v) is 7.38. The van der Waals surface area contributed by atoms with Crippen LogP contribution in [0, 0.1) is 0 Å². The van der Waals surface area contributed by atoms with Gasteiger partial charge in [-0.05, 0) is 6.92 Å². The van der Waals surface area contributed by atoms with E-state index in [2.05, 4.69) is 0 Å². The van der Waals surface area contributed by atoms with E-state index in [4.69, 9.17) is 39.5 Å². The molecule has 9 heavy (non-hydrogen) atoms. The molecule has 0 saturated heterocycles. The molecule has 0 amide bonds. The SMILES string of the molecule is CC(Cl)OC(CCl)CCl. The summed E-state index contributed by atoms with van der Waals surface area (Å²) in [5.41, 5.74) is -0.313. The van der Waals surface area contributed by atoms with E-state index in [-0.39, 0.29) is 11.7 Å². The third kappa shape index (κ3) is 5.28. The summed E-state index contributed by atoms with van der Waals surface area (Å²) < 4.78 is 5.05. The Labute approximate surface area is 70.2 Å². The fourth-order valence-electron chi connectivity index (χ4n) is 0.379. The van der Waals surface area contributed by atoms with E-state index in [9.17, 15) is 0 Å². The first-order chi connectivity index (χ1) is 4.20. The molecule has 0 aromatic rings. The fourth-order valence-corrected chi connectivity index (χ4v) is 1.00. The first-order valence-corrected chi connectivity index (χ1v) is 4.12. The molecule has 0 radical (unpaired) electrons. The molecule has 4 heteroatoms. The lowest BCUT2D eigenvalue weighted by Gasteiger charge is -2.12. The van der Waals surface area contributed by atoms with E-state index in [0.29, 0.717) is 11.8 Å². The molecule has 0 saturated carbocycles. The summed E-state index contributed by atoms with van der Waals surface area (Å²) in [4.78, 5) is 0. The van der Waals surface area contributed by atoms with Gasteiger partial charge in [0.1, 0.15) is 5.56 Å². The van der Waals surface area contributed by atoms with Crippen molar-refractivity contribution in [2.45, 2.75) is 18.6 Å². The van der Waals surface area contributed by atoms with Crippen molar-refractivity contribution in [2.24, 2.45) is 0 Å². The summed E-state index contributed by atoms with van der Waals surface area (Å²) in [7, 11) is 0. The van der Waals surface area contributed by atoms with E-state index < -0.39 is 0 Å². The Kier molecular flexibility index (Phi) is 6.12. The highest BCUT2D eigenvalue weighted by Crippen LogP contribution is 2.05. The molecule has 0 aliphatic rings. The number of alkyl halides is 3. The van der Waals surface area contributed by atoms with Gasteiger partial charge in [0.15, 0.2) is 0 Å². The molecule has 0 aromatic carbocycles. The van der Waals surface area contributed by atoms with Crippen LogP contribution in [0.15, 0.2) is 0 Å². The lowest BCUT2D eigenvalue weighted by atomic mass is 10.5. The van der Waals surface area contributed by atoms with Crippen molar-refractivity contribution < 1.29 is 4.74 Å². The maximum Gasteiger partial charge on any atom is 0.128 e. The first-order valence-electron chi connectivity index (χ1n) is 2.62. The molecule has 0 fully saturated rings. The van der Waals surface area contributed by atoms with Crippen LogP contribution in [0.3, 0.4) is 0 Å². The predicted molar refractivity (Wildman–Crippen MR) is 41.6 cm³/mol. The molecule has 1 unspecified atom stereocenters. The topological polar surface area (TPSA) is 9.23 Å². The second-order valence-corrected chi connectivity index (χ2v) is 2.84. The van der Waals surface area contributed by atoms with Crippen molar-refractivity contribution in [3.8, 4) is 0 Å². The maximum absolute atomic E-state index is 5.49. The standard InChI is InChI=1S/C5H9Cl3O/c1-4(8)9-5(2-6)3-7/h4-5H,2-3H2,1H3. The van der Waals surface area contributed by atoms with Gasteiger partial charge in [-0.25, -0.2) is 0 Å². The van der Waals surface area contributed by atoms with Crippen LogP contribution in [0.4, 0.5) is 0 Å². The van der Waals surface area contributed by atoms with Gasteiger partial charge < -0.3 is 4.74 Å². The lowest BCUT2D eigenvalue weighted by Crippen LogP contribution is -2.19. The highest BCUT2D eigenvalue weighted by molar-refractivity contribution is 6.21. The molecular formula is C5H9Cl3O. The summed E-state index contributed by atoms with van der Waals surface area (Å²) in [6.45, 7) is 1.73. The van der Waals surface area contributed by atoms with E-state index in [1.807, 2.05) is 0 Å². The predicted octanol–water partition coefficient (Wildman–Crippen LogP) is 2.43. The van der Waals surface area contributed by atoms with Crippen LogP contribution in [-0.4, -0.2) is 23.4 Å². The molecule has 0 spiro atoms. The number of hydrogen-bond donors (Lipinski definition) is 0. The molecule has 0 N–H and O–H groups in total. The smallest absolute Gasteiger partial charge is 0.128 e. The van der Waals surface area contributed by atoms with Gasteiger partial charge in [0, 0.05) is 11.8 Å². The molecule has 0 aliphatic carbocycles. The van der Waals surface area contributed by atoms with Crippen LogP contribution < -0.4 is 0 Å². The summed E-state index contributed by atoms with van der Waals surface area (Å²) in [5.74, 6) is 0.779. The van der Waals surface area contributed by atoms with Gasteiger partial charge in [0.25, 0.3) is 0 Å². The van der Waals surface area contributed by atoms with Crippen LogP contribution in [0.25, 0.3) is 0 Å². The van der Waals surface area contributed by atoms with Gasteiger partial charge in [-0.3, -0.25) is 0 Å². The Morgan fingerprint density at radius 1 is 1.33 bits per heavy atom. The van der Waals surface area contributed by atoms with Gasteiger partial charge in [0.2, 0.25) is 0 Å². The van der Waals surface area contributed by atoms with Crippen molar-refractivity contribution in [1.29, 1.82) is 0 Å². The van der Waals surface area contributed by atoms with Crippen molar-refractivity contribution in [1.82, 2.24) is 0 Å². The lowest BCUT2D eigenvalue weighted by molar-refractivity contribution is 0.0692. The minimum Gasteiger partial charge on any atom is -0.357 e. The summed E-state index contributed by atoms with van der Waals surface area (Å²) in [5, 5.41) is 0. The van der Waals surface area contributed by atoms with Crippen molar-refractivity contribution in [2.75, 3.05) is 11.8 Å². The average molecular weight is 191 g/mol. The number of hydrogen-bond acceptors (Lipinski definition) is 1. The fraction of sp³-hybridized carbons (Fsp3) is 1.00. The Morgan fingerprint density at radius 3 is 1.89 bits per heavy atom. The van der Waals surface area contributed by atoms with E-state index in [1.165, 1.54) is 0 Å². The van der Waals surface area contributed by atoms with Crippen LogP contribution in [0.5, 0.6) is 0 Å². The molecule has 1 atom stereocenters. The van der Waals surface area contributed by atoms with Gasteiger partial charge in [-0.15, -0.1) is 23.2 Å². The summed E-state index contributed by atoms with van der Waals surface area (Å²) >= 11 is 16.4. The molecule has 0 bridgehead atoms. The molecule has 1 nitrogen and oxygen atoms in total. The second kappa shape index (κ2) is 5.60. The Morgan fingerprint density at radius 2 is 1.78 bits per heavy atom. The minimum absolute atomic E-state index is 0.124. The Bertz CT molecular complexity index is 63.2. The normalized spacial score (nSPS) is 14.3. The minimum atomic E-state index is -0.313. The van der Waals surface area contributed by atoms with E-state index in [1.54, 1.807) is 6.92 Å². The van der Waals surface area contributed by atoms with Crippen LogP contribution in [0.2, 0.25) is 0 Å². The molecular weight excluding hydrogens is 182 g/mol. The van der Waals surface area contributed by atoms with Crippen LogP contribution in [-0.2, 0) is 4.74 Å². The zero-order chi connectivity index (χ0) is 7.28. The average Bonchev–Trinajstić information content (AvgIpc) is 1.82. The zero-order valence-electron chi connectivity index (χ0n) is 5.11. The number of ether oxygens (including phenoxy) is 1. The third-order valence-corrected chi connectivity index (χ3v) is 1.52. The largest absolute Gasteiger partial charge is 0.357 e.